The summed E-state index contributed by atoms with van der Waals surface area (Å²) in [6.45, 7) is -0.0723. The number of benzene rings is 2. The molecule has 0 saturated carbocycles. The Morgan fingerprint density at radius 3 is 2.26 bits per heavy atom. The second-order valence-corrected chi connectivity index (χ2v) is 6.29. The number of rotatable bonds is 7. The first-order chi connectivity index (χ1) is 14.9. The molecule has 2 aromatic carbocycles. The second-order valence-electron chi connectivity index (χ2n) is 6.29. The lowest BCUT2D eigenvalue weighted by molar-refractivity contribution is -0.111. The summed E-state index contributed by atoms with van der Waals surface area (Å²) in [6.07, 6.45) is 5.06. The molecule has 1 aliphatic rings. The van der Waals surface area contributed by atoms with Crippen LogP contribution in [0.25, 0.3) is 0 Å². The number of hydrogen-bond acceptors (Lipinski definition) is 7. The van der Waals surface area contributed by atoms with Crippen molar-refractivity contribution in [2.24, 2.45) is 0 Å². The van der Waals surface area contributed by atoms with E-state index in [1.54, 1.807) is 24.3 Å². The Bertz CT molecular complexity index is 1080. The van der Waals surface area contributed by atoms with Gasteiger partial charge in [0.15, 0.2) is 11.5 Å². The number of anilines is 1. The average molecular weight is 422 g/mol. The van der Waals surface area contributed by atoms with Crippen LogP contribution < -0.4 is 14.8 Å². The summed E-state index contributed by atoms with van der Waals surface area (Å²) in [4.78, 5) is 49.7. The molecule has 9 nitrogen and oxygen atoms in total. The van der Waals surface area contributed by atoms with Gasteiger partial charge in [-0.25, -0.2) is 4.79 Å². The fraction of sp³-hybridized carbons (Fsp3) is 0.182. The molecule has 0 saturated heterocycles. The quantitative estimate of drug-likeness (QED) is 0.411. The second kappa shape index (κ2) is 9.00. The fourth-order valence-corrected chi connectivity index (χ4v) is 3.06. The lowest BCUT2D eigenvalue weighted by Crippen LogP contribution is -2.33. The highest BCUT2D eigenvalue weighted by molar-refractivity contribution is 6.21. The van der Waals surface area contributed by atoms with Crippen molar-refractivity contribution in [3.05, 3.63) is 53.1 Å². The molecule has 0 aliphatic carbocycles. The zero-order valence-corrected chi connectivity index (χ0v) is 16.8. The summed E-state index contributed by atoms with van der Waals surface area (Å²) < 4.78 is 15.7. The van der Waals surface area contributed by atoms with Crippen molar-refractivity contribution in [2.45, 2.75) is 0 Å². The molecular formula is C22H18N2O7. The Morgan fingerprint density at radius 2 is 1.71 bits per heavy atom. The summed E-state index contributed by atoms with van der Waals surface area (Å²) >= 11 is 0. The molecule has 1 aliphatic heterocycles. The van der Waals surface area contributed by atoms with Crippen molar-refractivity contribution in [3.8, 4) is 23.8 Å². The minimum atomic E-state index is -0.758. The number of hydrogen-bond donors (Lipinski definition) is 1. The van der Waals surface area contributed by atoms with Gasteiger partial charge in [0.1, 0.15) is 6.61 Å². The number of amides is 3. The van der Waals surface area contributed by atoms with Gasteiger partial charge < -0.3 is 19.5 Å². The van der Waals surface area contributed by atoms with Gasteiger partial charge in [0.05, 0.1) is 43.1 Å². The summed E-state index contributed by atoms with van der Waals surface area (Å²) in [5.41, 5.74) is 0.750. The van der Waals surface area contributed by atoms with Crippen LogP contribution in [0.5, 0.6) is 11.5 Å². The Balaban J connectivity index is 1.79. The molecule has 0 unspecified atom stereocenters. The number of ether oxygens (including phenoxy) is 3. The first-order valence-electron chi connectivity index (χ1n) is 9.07. The monoisotopic (exact) mass is 422 g/mol. The highest BCUT2D eigenvalue weighted by atomic mass is 16.5. The minimum Gasteiger partial charge on any atom is -0.493 e. The van der Waals surface area contributed by atoms with E-state index < -0.39 is 23.7 Å². The van der Waals surface area contributed by atoms with E-state index >= 15 is 0 Å². The van der Waals surface area contributed by atoms with Crippen molar-refractivity contribution in [2.75, 3.05) is 32.7 Å². The van der Waals surface area contributed by atoms with Gasteiger partial charge in [-0.15, -0.1) is 6.42 Å². The number of nitrogens with one attached hydrogen (secondary N) is 1. The first kappa shape index (κ1) is 21.4. The van der Waals surface area contributed by atoms with Crippen LogP contribution in [-0.2, 0) is 9.53 Å². The number of carbonyl (C=O) groups is 4. The third-order valence-electron chi connectivity index (χ3n) is 4.54. The molecular weight excluding hydrogens is 404 g/mol. The lowest BCUT2D eigenvalue weighted by atomic mass is 10.1. The van der Waals surface area contributed by atoms with Gasteiger partial charge in [-0.3, -0.25) is 19.3 Å². The van der Waals surface area contributed by atoms with E-state index in [4.69, 9.17) is 20.6 Å². The van der Waals surface area contributed by atoms with E-state index in [1.165, 1.54) is 26.4 Å². The predicted octanol–water partition coefficient (Wildman–Crippen LogP) is 1.73. The number of methoxy groups -OCH3 is 2. The van der Waals surface area contributed by atoms with Gasteiger partial charge in [-0.05, 0) is 18.1 Å². The zero-order valence-electron chi connectivity index (χ0n) is 16.8. The van der Waals surface area contributed by atoms with E-state index in [2.05, 4.69) is 5.32 Å². The van der Waals surface area contributed by atoms with Crippen LogP contribution in [0.2, 0.25) is 0 Å². The van der Waals surface area contributed by atoms with E-state index in [1.807, 2.05) is 5.92 Å². The molecule has 2 aromatic rings. The highest BCUT2D eigenvalue weighted by Crippen LogP contribution is 2.34. The van der Waals surface area contributed by atoms with E-state index in [9.17, 15) is 19.2 Å². The molecule has 0 fully saturated rings. The average Bonchev–Trinajstić information content (AvgIpc) is 3.03. The van der Waals surface area contributed by atoms with Gasteiger partial charge in [0, 0.05) is 12.1 Å². The fourth-order valence-electron chi connectivity index (χ4n) is 3.06. The smallest absolute Gasteiger partial charge is 0.340 e. The Labute approximate surface area is 177 Å². The third-order valence-corrected chi connectivity index (χ3v) is 4.54. The summed E-state index contributed by atoms with van der Waals surface area (Å²) in [6, 6.07) is 9.22. The molecule has 0 aromatic heterocycles. The predicted molar refractivity (Wildman–Crippen MR) is 109 cm³/mol. The Morgan fingerprint density at radius 1 is 1.06 bits per heavy atom. The number of carbonyl (C=O) groups excluding carboxylic acids is 4. The lowest BCUT2D eigenvalue weighted by Gasteiger charge is -2.17. The molecule has 1 N–H and O–H groups in total. The number of nitrogens with zero attached hydrogens (tertiary/aromatic N) is 1. The van der Waals surface area contributed by atoms with Crippen molar-refractivity contribution in [1.82, 2.24) is 4.90 Å². The van der Waals surface area contributed by atoms with Crippen LogP contribution in [0.4, 0.5) is 5.69 Å². The van der Waals surface area contributed by atoms with Crippen molar-refractivity contribution >= 4 is 29.4 Å². The number of imide groups is 1. The number of terminal acetylenes is 1. The Kier molecular flexibility index (Phi) is 6.21. The topological polar surface area (TPSA) is 111 Å². The van der Waals surface area contributed by atoms with Gasteiger partial charge in [0.25, 0.3) is 17.7 Å². The van der Waals surface area contributed by atoms with Crippen LogP contribution in [0.1, 0.15) is 31.1 Å². The first-order valence-corrected chi connectivity index (χ1v) is 9.07. The maximum Gasteiger partial charge on any atom is 0.340 e. The standard InChI is InChI=1S/C22H18N2O7/c1-4-19(25)23-16-12-17(29-2)18(11-15(16)22(28)30-3)31-10-9-24-20(26)13-7-5-6-8-14(13)21(24)27/h1,5-8,11-12H,9-10H2,2-3H3,(H,23,25). The number of fused-ring (bicyclic) bond motifs is 1. The van der Waals surface area contributed by atoms with Crippen LogP contribution in [0.3, 0.4) is 0 Å². The van der Waals surface area contributed by atoms with Crippen LogP contribution >= 0.6 is 0 Å². The van der Waals surface area contributed by atoms with Crippen LogP contribution in [0.15, 0.2) is 36.4 Å². The van der Waals surface area contributed by atoms with Gasteiger partial charge in [-0.1, -0.05) is 12.1 Å². The maximum absolute atomic E-state index is 12.4. The molecule has 3 amide bonds. The molecule has 31 heavy (non-hydrogen) atoms. The molecule has 0 spiro atoms. The van der Waals surface area contributed by atoms with Crippen molar-refractivity contribution in [1.29, 1.82) is 0 Å². The highest BCUT2D eigenvalue weighted by Gasteiger charge is 2.34. The van der Waals surface area contributed by atoms with Gasteiger partial charge >= 0.3 is 5.97 Å². The number of esters is 1. The molecule has 9 heteroatoms. The summed E-state index contributed by atoms with van der Waals surface area (Å²) in [5.74, 6) is -0.0664. The van der Waals surface area contributed by atoms with Gasteiger partial charge in [0.2, 0.25) is 0 Å². The molecule has 0 atom stereocenters. The van der Waals surface area contributed by atoms with Crippen LogP contribution in [0, 0.1) is 12.3 Å². The summed E-state index contributed by atoms with van der Waals surface area (Å²) in [5, 5.41) is 2.39. The maximum atomic E-state index is 12.4. The molecule has 0 bridgehead atoms. The molecule has 0 radical (unpaired) electrons. The molecule has 158 valence electrons. The van der Waals surface area contributed by atoms with Crippen LogP contribution in [-0.4, -0.2) is 56.0 Å². The third kappa shape index (κ3) is 4.18. The normalized spacial score (nSPS) is 12.1. The zero-order chi connectivity index (χ0) is 22.5. The van der Waals surface area contributed by atoms with E-state index in [-0.39, 0.29) is 35.9 Å². The van der Waals surface area contributed by atoms with E-state index in [0.717, 1.165) is 4.90 Å². The minimum absolute atomic E-state index is 0.0115. The van der Waals surface area contributed by atoms with Crippen molar-refractivity contribution < 1.29 is 33.4 Å². The van der Waals surface area contributed by atoms with E-state index in [0.29, 0.717) is 11.1 Å². The summed E-state index contributed by atoms with van der Waals surface area (Å²) in [7, 11) is 2.55. The van der Waals surface area contributed by atoms with Crippen molar-refractivity contribution in [3.63, 3.8) is 0 Å². The SMILES string of the molecule is C#CC(=O)Nc1cc(OC)c(OCCN2C(=O)c3ccccc3C2=O)cc1C(=O)OC. The molecule has 1 heterocycles. The molecule has 3 rings (SSSR count). The Hall–Kier alpha value is -4.32. The van der Waals surface area contributed by atoms with Gasteiger partial charge in [-0.2, -0.15) is 0 Å². The largest absolute Gasteiger partial charge is 0.493 e.